The zero-order valence-corrected chi connectivity index (χ0v) is 18.6. The number of rotatable bonds is 6. The number of ether oxygens (including phenoxy) is 2. The number of hydrogen-bond acceptors (Lipinski definition) is 5. The average Bonchev–Trinajstić information content (AvgIpc) is 2.82. The van der Waals surface area contributed by atoms with Crippen molar-refractivity contribution < 1.29 is 22.7 Å². The maximum absolute atomic E-state index is 13.7. The number of para-hydroxylation sites is 2. The average molecular weight is 453 g/mol. The van der Waals surface area contributed by atoms with Gasteiger partial charge in [0.25, 0.3) is 15.9 Å². The van der Waals surface area contributed by atoms with Crippen LogP contribution in [0.1, 0.15) is 11.1 Å². The van der Waals surface area contributed by atoms with Crippen LogP contribution in [0, 0.1) is 6.92 Å². The minimum atomic E-state index is -4.03. The number of carbonyl (C=O) groups is 1. The highest BCUT2D eigenvalue weighted by Gasteiger charge is 2.38. The number of fused-ring (bicyclic) bond motifs is 1. The van der Waals surface area contributed by atoms with Gasteiger partial charge in [0, 0.05) is 6.54 Å². The third-order valence-electron chi connectivity index (χ3n) is 5.22. The Labute approximate surface area is 187 Å². The number of benzene rings is 3. The number of nitrogens with one attached hydrogen (secondary N) is 1. The van der Waals surface area contributed by atoms with Crippen molar-refractivity contribution >= 4 is 21.6 Å². The van der Waals surface area contributed by atoms with Crippen LogP contribution in [-0.4, -0.2) is 34.1 Å². The Hall–Kier alpha value is -3.52. The lowest BCUT2D eigenvalue weighted by molar-refractivity contribution is -0.127. The molecule has 1 amide bonds. The molecule has 1 atom stereocenters. The van der Waals surface area contributed by atoms with E-state index in [0.29, 0.717) is 18.0 Å². The lowest BCUT2D eigenvalue weighted by Crippen LogP contribution is -2.50. The van der Waals surface area contributed by atoms with Crippen LogP contribution in [0.4, 0.5) is 5.69 Å². The summed E-state index contributed by atoms with van der Waals surface area (Å²) in [7, 11) is -2.60. The lowest BCUT2D eigenvalue weighted by atomic mass is 10.2. The monoisotopic (exact) mass is 452 g/mol. The van der Waals surface area contributed by atoms with E-state index in [-0.39, 0.29) is 23.1 Å². The first kappa shape index (κ1) is 21.7. The van der Waals surface area contributed by atoms with E-state index in [1.807, 2.05) is 37.3 Å². The number of nitrogens with zero attached hydrogens (tertiary/aromatic N) is 1. The van der Waals surface area contributed by atoms with Crippen LogP contribution < -0.4 is 19.1 Å². The third kappa shape index (κ3) is 4.27. The SMILES string of the molecule is COc1ccc(C)cc1S(=O)(=O)N1CC(C(=O)NCc2ccccc2)Oc2ccccc21. The fourth-order valence-corrected chi connectivity index (χ4v) is 5.29. The highest BCUT2D eigenvalue weighted by Crippen LogP contribution is 2.38. The Bertz CT molecular complexity index is 1230. The minimum absolute atomic E-state index is 0.0418. The highest BCUT2D eigenvalue weighted by molar-refractivity contribution is 7.93. The Kier molecular flexibility index (Phi) is 6.05. The van der Waals surface area contributed by atoms with Crippen molar-refractivity contribution in [2.75, 3.05) is 18.0 Å². The van der Waals surface area contributed by atoms with Gasteiger partial charge in [0.2, 0.25) is 0 Å². The van der Waals surface area contributed by atoms with Gasteiger partial charge in [-0.1, -0.05) is 48.5 Å². The first-order valence-corrected chi connectivity index (χ1v) is 11.6. The maximum Gasteiger partial charge on any atom is 0.268 e. The molecule has 0 spiro atoms. The van der Waals surface area contributed by atoms with Crippen molar-refractivity contribution in [2.45, 2.75) is 24.5 Å². The molecule has 0 bridgehead atoms. The van der Waals surface area contributed by atoms with Gasteiger partial charge in [-0.15, -0.1) is 0 Å². The summed E-state index contributed by atoms with van der Waals surface area (Å²) in [6, 6.07) is 21.2. The number of carbonyl (C=O) groups excluding carboxylic acids is 1. The van der Waals surface area contributed by atoms with E-state index < -0.39 is 16.1 Å². The van der Waals surface area contributed by atoms with Crippen molar-refractivity contribution in [2.24, 2.45) is 0 Å². The summed E-state index contributed by atoms with van der Waals surface area (Å²) in [6.45, 7) is 1.97. The fourth-order valence-electron chi connectivity index (χ4n) is 3.57. The van der Waals surface area contributed by atoms with Crippen molar-refractivity contribution in [1.29, 1.82) is 0 Å². The molecule has 4 rings (SSSR count). The number of methoxy groups -OCH3 is 1. The van der Waals surface area contributed by atoms with E-state index in [1.54, 1.807) is 42.5 Å². The van der Waals surface area contributed by atoms with Crippen LogP contribution in [0.25, 0.3) is 0 Å². The quantitative estimate of drug-likeness (QED) is 0.621. The first-order chi connectivity index (χ1) is 15.4. The van der Waals surface area contributed by atoms with Gasteiger partial charge in [0.1, 0.15) is 16.4 Å². The molecule has 0 aliphatic carbocycles. The van der Waals surface area contributed by atoms with Gasteiger partial charge in [-0.05, 0) is 42.3 Å². The van der Waals surface area contributed by atoms with Crippen LogP contribution in [0.5, 0.6) is 11.5 Å². The molecule has 32 heavy (non-hydrogen) atoms. The number of aryl methyl sites for hydroxylation is 1. The summed E-state index contributed by atoms with van der Waals surface area (Å²) in [5, 5.41) is 2.83. The van der Waals surface area contributed by atoms with Gasteiger partial charge < -0.3 is 14.8 Å². The topological polar surface area (TPSA) is 84.9 Å². The second-order valence-corrected chi connectivity index (χ2v) is 9.30. The highest BCUT2D eigenvalue weighted by atomic mass is 32.2. The smallest absolute Gasteiger partial charge is 0.268 e. The Balaban J connectivity index is 1.66. The zero-order valence-electron chi connectivity index (χ0n) is 17.8. The molecule has 0 saturated carbocycles. The van der Waals surface area contributed by atoms with E-state index in [9.17, 15) is 13.2 Å². The maximum atomic E-state index is 13.7. The number of sulfonamides is 1. The Morgan fingerprint density at radius 1 is 1.09 bits per heavy atom. The van der Waals surface area contributed by atoms with Crippen LogP contribution in [0.15, 0.2) is 77.7 Å². The lowest BCUT2D eigenvalue weighted by Gasteiger charge is -2.35. The van der Waals surface area contributed by atoms with Gasteiger partial charge in [-0.25, -0.2) is 8.42 Å². The molecular formula is C24H24N2O5S. The van der Waals surface area contributed by atoms with Crippen LogP contribution in [-0.2, 0) is 21.4 Å². The van der Waals surface area contributed by atoms with Gasteiger partial charge in [-0.3, -0.25) is 9.10 Å². The zero-order chi connectivity index (χ0) is 22.7. The number of anilines is 1. The molecule has 166 valence electrons. The molecule has 8 heteroatoms. The first-order valence-electron chi connectivity index (χ1n) is 10.1. The standard InChI is InChI=1S/C24H24N2O5S/c1-17-12-13-21(30-2)23(14-17)32(28,29)26-16-22(31-20-11-7-6-10-19(20)26)24(27)25-15-18-8-4-3-5-9-18/h3-14,22H,15-16H2,1-2H3,(H,25,27). The molecular weight excluding hydrogens is 428 g/mol. The third-order valence-corrected chi connectivity index (χ3v) is 7.02. The fraction of sp³-hybridized carbons (Fsp3) is 0.208. The summed E-state index contributed by atoms with van der Waals surface area (Å²) in [5.41, 5.74) is 2.09. The van der Waals surface area contributed by atoms with E-state index in [4.69, 9.17) is 9.47 Å². The molecule has 0 aromatic heterocycles. The summed E-state index contributed by atoms with van der Waals surface area (Å²) < 4.78 is 39.8. The predicted octanol–water partition coefficient (Wildman–Crippen LogP) is 3.28. The molecule has 1 heterocycles. The van der Waals surface area contributed by atoms with E-state index >= 15 is 0 Å². The molecule has 0 radical (unpaired) electrons. The van der Waals surface area contributed by atoms with Crippen molar-refractivity contribution in [3.63, 3.8) is 0 Å². The minimum Gasteiger partial charge on any atom is -0.495 e. The molecule has 1 N–H and O–H groups in total. The number of amides is 1. The summed E-state index contributed by atoms with van der Waals surface area (Å²) in [5.74, 6) is 0.179. The van der Waals surface area contributed by atoms with E-state index in [2.05, 4.69) is 5.32 Å². The number of hydrogen-bond donors (Lipinski definition) is 1. The van der Waals surface area contributed by atoms with Crippen LogP contribution in [0.2, 0.25) is 0 Å². The van der Waals surface area contributed by atoms with E-state index in [0.717, 1.165) is 11.1 Å². The normalized spacial score (nSPS) is 15.4. The van der Waals surface area contributed by atoms with Crippen LogP contribution >= 0.6 is 0 Å². The van der Waals surface area contributed by atoms with Crippen molar-refractivity contribution in [3.05, 3.63) is 83.9 Å². The van der Waals surface area contributed by atoms with Crippen LogP contribution in [0.3, 0.4) is 0 Å². The summed E-state index contributed by atoms with van der Waals surface area (Å²) in [6.07, 6.45) is -1.00. The Morgan fingerprint density at radius 2 is 1.81 bits per heavy atom. The molecule has 1 aliphatic heterocycles. The van der Waals surface area contributed by atoms with Gasteiger partial charge in [0.15, 0.2) is 6.10 Å². The Morgan fingerprint density at radius 3 is 2.56 bits per heavy atom. The molecule has 3 aromatic carbocycles. The van der Waals surface area contributed by atoms with Gasteiger partial charge in [0.05, 0.1) is 19.3 Å². The largest absolute Gasteiger partial charge is 0.495 e. The second kappa shape index (κ2) is 8.92. The van der Waals surface area contributed by atoms with E-state index in [1.165, 1.54) is 11.4 Å². The summed E-state index contributed by atoms with van der Waals surface area (Å²) in [4.78, 5) is 12.9. The molecule has 1 unspecified atom stereocenters. The van der Waals surface area contributed by atoms with Crippen molar-refractivity contribution in [3.8, 4) is 11.5 Å². The molecule has 1 aliphatic rings. The predicted molar refractivity (Wildman–Crippen MR) is 121 cm³/mol. The van der Waals surface area contributed by atoms with Gasteiger partial charge >= 0.3 is 0 Å². The molecule has 0 fully saturated rings. The van der Waals surface area contributed by atoms with Crippen molar-refractivity contribution in [1.82, 2.24) is 5.32 Å². The molecule has 7 nitrogen and oxygen atoms in total. The molecule has 0 saturated heterocycles. The molecule has 3 aromatic rings. The van der Waals surface area contributed by atoms with Gasteiger partial charge in [-0.2, -0.15) is 0 Å². The summed E-state index contributed by atoms with van der Waals surface area (Å²) >= 11 is 0. The second-order valence-electron chi connectivity index (χ2n) is 7.47.